The molecule has 1 fully saturated rings. The molecule has 0 bridgehead atoms. The van der Waals surface area contributed by atoms with Crippen molar-refractivity contribution < 1.29 is 9.90 Å². The summed E-state index contributed by atoms with van der Waals surface area (Å²) in [6.07, 6.45) is 0. The minimum Gasteiger partial charge on any atom is -0.481 e. The molecular formula is C9H10ClNO2S. The summed E-state index contributed by atoms with van der Waals surface area (Å²) in [5.41, 5.74) is 0. The van der Waals surface area contributed by atoms with E-state index in [4.69, 9.17) is 16.7 Å². The Morgan fingerprint density at radius 1 is 1.57 bits per heavy atom. The van der Waals surface area contributed by atoms with Crippen molar-refractivity contribution in [2.45, 2.75) is 5.92 Å². The molecule has 2 atom stereocenters. The second kappa shape index (κ2) is 3.88. The smallest absolute Gasteiger partial charge is 0.308 e. The topological polar surface area (TPSA) is 49.3 Å². The van der Waals surface area contributed by atoms with Crippen molar-refractivity contribution in [2.24, 2.45) is 5.92 Å². The fourth-order valence-electron chi connectivity index (χ4n) is 1.76. The lowest BCUT2D eigenvalue weighted by Gasteiger charge is -2.11. The molecule has 14 heavy (non-hydrogen) atoms. The van der Waals surface area contributed by atoms with Crippen LogP contribution in [0.15, 0.2) is 12.1 Å². The van der Waals surface area contributed by atoms with Gasteiger partial charge in [0.2, 0.25) is 0 Å². The Hall–Kier alpha value is -0.580. The number of hydrogen-bond acceptors (Lipinski definition) is 3. The van der Waals surface area contributed by atoms with E-state index in [1.54, 1.807) is 0 Å². The summed E-state index contributed by atoms with van der Waals surface area (Å²) in [6, 6.07) is 3.74. The molecule has 2 heterocycles. The Bertz CT molecular complexity index is 352. The van der Waals surface area contributed by atoms with Crippen molar-refractivity contribution in [3.05, 3.63) is 21.3 Å². The normalized spacial score (nSPS) is 26.6. The third kappa shape index (κ3) is 1.78. The van der Waals surface area contributed by atoms with Gasteiger partial charge in [-0.25, -0.2) is 0 Å². The van der Waals surface area contributed by atoms with E-state index in [1.165, 1.54) is 11.3 Å². The van der Waals surface area contributed by atoms with Crippen molar-refractivity contribution in [1.29, 1.82) is 0 Å². The third-order valence-electron chi connectivity index (χ3n) is 2.49. The van der Waals surface area contributed by atoms with Crippen LogP contribution in [0.1, 0.15) is 10.8 Å². The van der Waals surface area contributed by atoms with Crippen LogP contribution >= 0.6 is 22.9 Å². The Morgan fingerprint density at radius 3 is 2.93 bits per heavy atom. The minimum atomic E-state index is -0.732. The molecule has 0 spiro atoms. The molecule has 1 aliphatic heterocycles. The van der Waals surface area contributed by atoms with E-state index in [1.807, 2.05) is 12.1 Å². The predicted octanol–water partition coefficient (Wildman–Crippen LogP) is 1.79. The van der Waals surface area contributed by atoms with Crippen LogP contribution < -0.4 is 5.32 Å². The van der Waals surface area contributed by atoms with Crippen molar-refractivity contribution in [1.82, 2.24) is 5.32 Å². The number of thiophene rings is 1. The number of carbonyl (C=O) groups is 1. The summed E-state index contributed by atoms with van der Waals surface area (Å²) in [4.78, 5) is 12.0. The first-order valence-electron chi connectivity index (χ1n) is 4.37. The van der Waals surface area contributed by atoms with E-state index in [0.29, 0.717) is 6.54 Å². The van der Waals surface area contributed by atoms with Crippen molar-refractivity contribution in [3.8, 4) is 0 Å². The average Bonchev–Trinajstić information content (AvgIpc) is 2.70. The highest BCUT2D eigenvalue weighted by Gasteiger charge is 2.34. The second-order valence-corrected chi connectivity index (χ2v) is 5.10. The zero-order chi connectivity index (χ0) is 10.1. The van der Waals surface area contributed by atoms with Crippen molar-refractivity contribution in [2.75, 3.05) is 13.1 Å². The zero-order valence-electron chi connectivity index (χ0n) is 7.37. The molecule has 3 nitrogen and oxygen atoms in total. The monoisotopic (exact) mass is 231 g/mol. The molecule has 1 saturated heterocycles. The molecular weight excluding hydrogens is 222 g/mol. The highest BCUT2D eigenvalue weighted by molar-refractivity contribution is 7.16. The van der Waals surface area contributed by atoms with Gasteiger partial charge < -0.3 is 10.4 Å². The molecule has 0 aromatic carbocycles. The molecule has 0 unspecified atom stereocenters. The molecule has 1 aromatic heterocycles. The summed E-state index contributed by atoms with van der Waals surface area (Å²) in [7, 11) is 0. The number of carboxylic acid groups (broad SMARTS) is 1. The van der Waals surface area contributed by atoms with Crippen LogP contribution in [0.25, 0.3) is 0 Å². The maximum absolute atomic E-state index is 10.9. The standard InChI is InChI=1S/C9H10ClNO2S/c10-8-2-1-7(14-8)5-3-11-4-6(5)9(12)13/h1-2,5-6,11H,3-4H2,(H,12,13)/t5-,6-/m1/s1. The van der Waals surface area contributed by atoms with E-state index < -0.39 is 5.97 Å². The number of hydrogen-bond donors (Lipinski definition) is 2. The van der Waals surface area contributed by atoms with Crippen LogP contribution in [0, 0.1) is 5.92 Å². The Balaban J connectivity index is 2.21. The predicted molar refractivity (Wildman–Crippen MR) is 56.1 cm³/mol. The maximum Gasteiger partial charge on any atom is 0.308 e. The van der Waals surface area contributed by atoms with Gasteiger partial charge in [0, 0.05) is 23.9 Å². The molecule has 0 amide bonds. The van der Waals surface area contributed by atoms with Gasteiger partial charge in [0.25, 0.3) is 0 Å². The molecule has 0 aliphatic carbocycles. The SMILES string of the molecule is O=C(O)[C@@H]1CNC[C@H]1c1ccc(Cl)s1. The Morgan fingerprint density at radius 2 is 2.36 bits per heavy atom. The third-order valence-corrected chi connectivity index (χ3v) is 3.85. The molecule has 5 heteroatoms. The fourth-order valence-corrected chi connectivity index (χ4v) is 2.99. The number of rotatable bonds is 2. The lowest BCUT2D eigenvalue weighted by molar-refractivity contribution is -0.141. The summed E-state index contributed by atoms with van der Waals surface area (Å²) in [5.74, 6) is -0.973. The highest BCUT2D eigenvalue weighted by Crippen LogP contribution is 2.34. The minimum absolute atomic E-state index is 0.0741. The van der Waals surface area contributed by atoms with Gasteiger partial charge in [-0.3, -0.25) is 4.79 Å². The summed E-state index contributed by atoms with van der Waals surface area (Å²) in [6.45, 7) is 1.28. The van der Waals surface area contributed by atoms with E-state index >= 15 is 0 Å². The van der Waals surface area contributed by atoms with Crippen molar-refractivity contribution in [3.63, 3.8) is 0 Å². The van der Waals surface area contributed by atoms with Crippen LogP contribution in [0.2, 0.25) is 4.34 Å². The fraction of sp³-hybridized carbons (Fsp3) is 0.444. The number of halogens is 1. The lowest BCUT2D eigenvalue weighted by Crippen LogP contribution is -2.20. The summed E-state index contributed by atoms with van der Waals surface area (Å²) in [5, 5.41) is 12.1. The van der Waals surface area contributed by atoms with Crippen LogP contribution in [0.5, 0.6) is 0 Å². The van der Waals surface area contributed by atoms with Gasteiger partial charge in [0.15, 0.2) is 0 Å². The zero-order valence-corrected chi connectivity index (χ0v) is 8.94. The van der Waals surface area contributed by atoms with E-state index in [2.05, 4.69) is 5.32 Å². The van der Waals surface area contributed by atoms with Crippen LogP contribution in [-0.4, -0.2) is 24.2 Å². The quantitative estimate of drug-likeness (QED) is 0.816. The molecule has 1 aromatic rings. The van der Waals surface area contributed by atoms with Gasteiger partial charge in [-0.1, -0.05) is 11.6 Å². The molecule has 0 saturated carbocycles. The Kier molecular flexibility index (Phi) is 2.76. The van der Waals surface area contributed by atoms with Crippen LogP contribution in [-0.2, 0) is 4.79 Å². The van der Waals surface area contributed by atoms with Crippen LogP contribution in [0.3, 0.4) is 0 Å². The first-order chi connectivity index (χ1) is 6.68. The second-order valence-electron chi connectivity index (χ2n) is 3.35. The molecule has 76 valence electrons. The first-order valence-corrected chi connectivity index (χ1v) is 5.56. The Labute approximate surface area is 90.7 Å². The summed E-state index contributed by atoms with van der Waals surface area (Å²) >= 11 is 7.29. The summed E-state index contributed by atoms with van der Waals surface area (Å²) < 4.78 is 0.719. The van der Waals surface area contributed by atoms with Gasteiger partial charge in [0.05, 0.1) is 10.3 Å². The number of nitrogens with one attached hydrogen (secondary N) is 1. The number of carboxylic acids is 1. The average molecular weight is 232 g/mol. The van der Waals surface area contributed by atoms with E-state index in [0.717, 1.165) is 15.8 Å². The first kappa shape index (κ1) is 9.96. The molecule has 2 N–H and O–H groups in total. The van der Waals surface area contributed by atoms with Gasteiger partial charge in [0.1, 0.15) is 0 Å². The molecule has 1 aliphatic rings. The van der Waals surface area contributed by atoms with Gasteiger partial charge in [-0.15, -0.1) is 11.3 Å². The van der Waals surface area contributed by atoms with E-state index in [9.17, 15) is 4.79 Å². The largest absolute Gasteiger partial charge is 0.481 e. The van der Waals surface area contributed by atoms with Crippen LogP contribution in [0.4, 0.5) is 0 Å². The number of aliphatic carboxylic acids is 1. The van der Waals surface area contributed by atoms with Gasteiger partial charge in [-0.2, -0.15) is 0 Å². The lowest BCUT2D eigenvalue weighted by atomic mass is 9.95. The molecule has 2 rings (SSSR count). The highest BCUT2D eigenvalue weighted by atomic mass is 35.5. The van der Waals surface area contributed by atoms with Crippen molar-refractivity contribution >= 4 is 28.9 Å². The van der Waals surface area contributed by atoms with Gasteiger partial charge in [-0.05, 0) is 12.1 Å². The molecule has 0 radical (unpaired) electrons. The maximum atomic E-state index is 10.9. The van der Waals surface area contributed by atoms with E-state index in [-0.39, 0.29) is 11.8 Å². The van der Waals surface area contributed by atoms with Gasteiger partial charge >= 0.3 is 5.97 Å².